The molecule has 0 saturated carbocycles. The summed E-state index contributed by atoms with van der Waals surface area (Å²) in [5.41, 5.74) is 1.03. The van der Waals surface area contributed by atoms with Gasteiger partial charge in [-0.15, -0.1) is 0 Å². The largest absolute Gasteiger partial charge is 0.339 e. The molecule has 0 atom stereocenters. The van der Waals surface area contributed by atoms with Gasteiger partial charge >= 0.3 is 0 Å². The van der Waals surface area contributed by atoms with E-state index in [1.807, 2.05) is 18.7 Å². The Morgan fingerprint density at radius 3 is 2.70 bits per heavy atom. The van der Waals surface area contributed by atoms with Gasteiger partial charge in [0.2, 0.25) is 5.56 Å². The van der Waals surface area contributed by atoms with Gasteiger partial charge in [0.1, 0.15) is 5.82 Å². The predicted molar refractivity (Wildman–Crippen MR) is 85.4 cm³/mol. The Morgan fingerprint density at radius 2 is 2.09 bits per heavy atom. The van der Waals surface area contributed by atoms with E-state index in [1.54, 1.807) is 6.07 Å². The molecule has 7 heteroatoms. The summed E-state index contributed by atoms with van der Waals surface area (Å²) in [6, 6.07) is 3.15. The van der Waals surface area contributed by atoms with E-state index < -0.39 is 0 Å². The maximum Gasteiger partial charge on any atom is 0.254 e. The molecule has 2 aromatic rings. The summed E-state index contributed by atoms with van der Waals surface area (Å²) in [6.07, 6.45) is 2.38. The Hall–Kier alpha value is -2.44. The number of hydrogen-bond acceptors (Lipinski definition) is 4. The van der Waals surface area contributed by atoms with Crippen LogP contribution in [-0.4, -0.2) is 44.1 Å². The van der Waals surface area contributed by atoms with Gasteiger partial charge in [-0.2, -0.15) is 5.10 Å². The highest BCUT2D eigenvalue weighted by molar-refractivity contribution is 5.94. The Balaban J connectivity index is 1.68. The van der Waals surface area contributed by atoms with Crippen molar-refractivity contribution in [3.8, 4) is 0 Å². The number of rotatable bonds is 3. The number of likely N-dealkylation sites (tertiary alicyclic amines) is 1. The van der Waals surface area contributed by atoms with Crippen LogP contribution < -0.4 is 5.56 Å². The quantitative estimate of drug-likeness (QED) is 0.894. The fourth-order valence-corrected chi connectivity index (χ4v) is 2.98. The molecule has 1 amide bonds. The Bertz CT molecular complexity index is 756. The van der Waals surface area contributed by atoms with Gasteiger partial charge in [-0.25, -0.2) is 4.98 Å². The number of nitrogens with one attached hydrogen (secondary N) is 2. The molecule has 3 heterocycles. The second kappa shape index (κ2) is 6.36. The molecule has 0 aliphatic carbocycles. The van der Waals surface area contributed by atoms with E-state index in [4.69, 9.17) is 0 Å². The van der Waals surface area contributed by atoms with Gasteiger partial charge in [-0.3, -0.25) is 14.7 Å². The number of aromatic nitrogens is 4. The van der Waals surface area contributed by atoms with Crippen molar-refractivity contribution in [2.24, 2.45) is 0 Å². The number of aromatic amines is 2. The number of carbonyl (C=O) groups is 1. The van der Waals surface area contributed by atoms with Crippen LogP contribution >= 0.6 is 0 Å². The van der Waals surface area contributed by atoms with Gasteiger partial charge in [-0.1, -0.05) is 6.92 Å². The highest BCUT2D eigenvalue weighted by atomic mass is 16.2. The summed E-state index contributed by atoms with van der Waals surface area (Å²) < 4.78 is 0. The third-order valence-electron chi connectivity index (χ3n) is 4.29. The Labute approximate surface area is 134 Å². The van der Waals surface area contributed by atoms with Crippen LogP contribution in [0, 0.1) is 6.92 Å². The maximum absolute atomic E-state index is 12.6. The number of H-pyrrole nitrogens is 2. The van der Waals surface area contributed by atoms with Crippen molar-refractivity contribution in [2.45, 2.75) is 39.0 Å². The van der Waals surface area contributed by atoms with Crippen LogP contribution in [0.5, 0.6) is 0 Å². The second-order valence-electron chi connectivity index (χ2n) is 5.96. The molecule has 1 fully saturated rings. The lowest BCUT2D eigenvalue weighted by atomic mass is 9.95. The van der Waals surface area contributed by atoms with Crippen molar-refractivity contribution < 1.29 is 4.79 Å². The van der Waals surface area contributed by atoms with E-state index in [9.17, 15) is 9.59 Å². The summed E-state index contributed by atoms with van der Waals surface area (Å²) in [4.78, 5) is 33.2. The molecule has 0 radical (unpaired) electrons. The first-order valence-corrected chi connectivity index (χ1v) is 7.98. The molecule has 2 N–H and O–H groups in total. The minimum atomic E-state index is -0.223. The third-order valence-corrected chi connectivity index (χ3v) is 4.29. The van der Waals surface area contributed by atoms with Crippen molar-refractivity contribution in [3.63, 3.8) is 0 Å². The number of nitrogens with zero attached hydrogens (tertiary/aromatic N) is 3. The van der Waals surface area contributed by atoms with Crippen molar-refractivity contribution in [1.29, 1.82) is 0 Å². The lowest BCUT2D eigenvalue weighted by Crippen LogP contribution is -2.38. The van der Waals surface area contributed by atoms with Gasteiger partial charge in [0.05, 0.1) is 0 Å². The molecule has 7 nitrogen and oxygen atoms in total. The number of pyridine rings is 1. The van der Waals surface area contributed by atoms with Gasteiger partial charge in [0.15, 0.2) is 5.82 Å². The van der Waals surface area contributed by atoms with Crippen molar-refractivity contribution in [3.05, 3.63) is 45.4 Å². The molecule has 2 aromatic heterocycles. The normalized spacial score (nSPS) is 15.8. The van der Waals surface area contributed by atoms with Crippen LogP contribution in [0.3, 0.4) is 0 Å². The van der Waals surface area contributed by atoms with Crippen LogP contribution in [0.2, 0.25) is 0 Å². The number of hydrogen-bond donors (Lipinski definition) is 2. The van der Waals surface area contributed by atoms with Crippen molar-refractivity contribution >= 4 is 5.91 Å². The fraction of sp³-hybridized carbons (Fsp3) is 0.500. The molecular formula is C16H21N5O2. The molecule has 1 saturated heterocycles. The first-order valence-electron chi connectivity index (χ1n) is 7.98. The number of piperidine rings is 1. The monoisotopic (exact) mass is 315 g/mol. The lowest BCUT2D eigenvalue weighted by molar-refractivity contribution is 0.0710. The molecule has 122 valence electrons. The van der Waals surface area contributed by atoms with Gasteiger partial charge < -0.3 is 9.88 Å². The highest BCUT2D eigenvalue weighted by Gasteiger charge is 2.27. The average molecular weight is 315 g/mol. The average Bonchev–Trinajstić information content (AvgIpc) is 3.00. The van der Waals surface area contributed by atoms with Crippen LogP contribution in [0.1, 0.15) is 53.4 Å². The van der Waals surface area contributed by atoms with E-state index in [2.05, 4.69) is 20.2 Å². The lowest BCUT2D eigenvalue weighted by Gasteiger charge is -2.30. The maximum atomic E-state index is 12.6. The van der Waals surface area contributed by atoms with Crippen LogP contribution in [0.15, 0.2) is 16.9 Å². The molecule has 23 heavy (non-hydrogen) atoms. The SMILES string of the molecule is CCc1cc(C(=O)N2CCC(c3n[nH]c(C)n3)CC2)cc(=O)[nH]1. The van der Waals surface area contributed by atoms with E-state index in [1.165, 1.54) is 6.07 Å². The first kappa shape index (κ1) is 15.5. The zero-order valence-corrected chi connectivity index (χ0v) is 13.4. The molecule has 1 aliphatic heterocycles. The third kappa shape index (κ3) is 3.33. The zero-order valence-electron chi connectivity index (χ0n) is 13.4. The van der Waals surface area contributed by atoms with E-state index in [-0.39, 0.29) is 17.4 Å². The van der Waals surface area contributed by atoms with E-state index in [0.717, 1.165) is 30.2 Å². The summed E-state index contributed by atoms with van der Waals surface area (Å²) >= 11 is 0. The molecule has 3 rings (SSSR count). The molecule has 0 unspecified atom stereocenters. The van der Waals surface area contributed by atoms with Gasteiger partial charge in [0.25, 0.3) is 5.91 Å². The highest BCUT2D eigenvalue weighted by Crippen LogP contribution is 2.26. The van der Waals surface area contributed by atoms with Gasteiger partial charge in [-0.05, 0) is 32.3 Å². The second-order valence-corrected chi connectivity index (χ2v) is 5.96. The van der Waals surface area contributed by atoms with Crippen LogP contribution in [-0.2, 0) is 6.42 Å². The molecule has 0 bridgehead atoms. The molecule has 1 aliphatic rings. The summed E-state index contributed by atoms with van der Waals surface area (Å²) in [7, 11) is 0. The number of amides is 1. The Kier molecular flexibility index (Phi) is 4.27. The fourth-order valence-electron chi connectivity index (χ4n) is 2.98. The summed E-state index contributed by atoms with van der Waals surface area (Å²) in [6.45, 7) is 5.15. The number of carbonyl (C=O) groups excluding carboxylic acids is 1. The number of aryl methyl sites for hydroxylation is 2. The molecule has 0 aromatic carbocycles. The molecule has 0 spiro atoms. The molecular weight excluding hydrogens is 294 g/mol. The van der Waals surface area contributed by atoms with Crippen LogP contribution in [0.25, 0.3) is 0 Å². The standard InChI is InChI=1S/C16H21N5O2/c1-3-13-8-12(9-14(22)18-13)16(23)21-6-4-11(5-7-21)15-17-10(2)19-20-15/h8-9,11H,3-7H2,1-2H3,(H,18,22)(H,17,19,20). The van der Waals surface area contributed by atoms with E-state index >= 15 is 0 Å². The topological polar surface area (TPSA) is 94.7 Å². The first-order chi connectivity index (χ1) is 11.1. The van der Waals surface area contributed by atoms with Crippen molar-refractivity contribution in [2.75, 3.05) is 13.1 Å². The summed E-state index contributed by atoms with van der Waals surface area (Å²) in [5, 5.41) is 7.08. The predicted octanol–water partition coefficient (Wildman–Crippen LogP) is 1.38. The smallest absolute Gasteiger partial charge is 0.254 e. The Morgan fingerprint density at radius 1 is 1.35 bits per heavy atom. The van der Waals surface area contributed by atoms with Crippen LogP contribution in [0.4, 0.5) is 0 Å². The zero-order chi connectivity index (χ0) is 16.4. The minimum Gasteiger partial charge on any atom is -0.339 e. The summed E-state index contributed by atoms with van der Waals surface area (Å²) in [5.74, 6) is 1.86. The van der Waals surface area contributed by atoms with Crippen molar-refractivity contribution in [1.82, 2.24) is 25.1 Å². The van der Waals surface area contributed by atoms with Gasteiger partial charge in [0, 0.05) is 36.3 Å². The minimum absolute atomic E-state index is 0.0737. The van der Waals surface area contributed by atoms with E-state index in [0.29, 0.717) is 25.1 Å².